The molecule has 0 radical (unpaired) electrons. The molecular weight excluding hydrogens is 472 g/mol. The standard InChI is InChI=1S/C27H26N6O4/c1-16-21(27(35)31-12-8-18(14-31)32-11-4-9-29-32)15-33-25(16)22(7-10-30-33)37-19-5-6-20-23(13-19)36-17(2)24(20)26(34)28-3/h4-7,9-11,13,15,18H,8,12,14H2,1-3H3,(H,28,34)/t18-/m1/s1. The van der Waals surface area contributed by atoms with Gasteiger partial charge in [0.25, 0.3) is 11.8 Å². The third-order valence-corrected chi connectivity index (χ3v) is 6.99. The Labute approximate surface area is 212 Å². The van der Waals surface area contributed by atoms with E-state index in [0.717, 1.165) is 22.9 Å². The van der Waals surface area contributed by atoms with Crippen LogP contribution < -0.4 is 10.1 Å². The van der Waals surface area contributed by atoms with Crippen LogP contribution in [0.15, 0.2) is 59.5 Å². The van der Waals surface area contributed by atoms with Crippen molar-refractivity contribution in [3.8, 4) is 11.5 Å². The maximum Gasteiger partial charge on any atom is 0.255 e. The first-order chi connectivity index (χ1) is 17.9. The summed E-state index contributed by atoms with van der Waals surface area (Å²) >= 11 is 0. The number of rotatable bonds is 5. The second kappa shape index (κ2) is 8.81. The number of amides is 2. The molecule has 10 heteroatoms. The monoisotopic (exact) mass is 498 g/mol. The van der Waals surface area contributed by atoms with Gasteiger partial charge >= 0.3 is 0 Å². The number of aromatic nitrogens is 4. The van der Waals surface area contributed by atoms with Crippen molar-refractivity contribution in [1.29, 1.82) is 0 Å². The first-order valence-corrected chi connectivity index (χ1v) is 12.1. The minimum atomic E-state index is -0.198. The summed E-state index contributed by atoms with van der Waals surface area (Å²) in [4.78, 5) is 27.6. The summed E-state index contributed by atoms with van der Waals surface area (Å²) in [6.45, 7) is 4.96. The number of nitrogens with one attached hydrogen (secondary N) is 1. The predicted molar refractivity (Wildman–Crippen MR) is 136 cm³/mol. The lowest BCUT2D eigenvalue weighted by Crippen LogP contribution is -2.29. The van der Waals surface area contributed by atoms with Gasteiger partial charge in [0.1, 0.15) is 22.6 Å². The second-order valence-corrected chi connectivity index (χ2v) is 9.21. The summed E-state index contributed by atoms with van der Waals surface area (Å²) in [5, 5.41) is 12.1. The largest absolute Gasteiger partial charge is 0.460 e. The van der Waals surface area contributed by atoms with Gasteiger partial charge in [0, 0.05) is 56.2 Å². The fourth-order valence-electron chi connectivity index (χ4n) is 5.13. The average Bonchev–Trinajstić information content (AvgIpc) is 3.69. The molecule has 0 saturated carbocycles. The number of aryl methyl sites for hydroxylation is 2. The Morgan fingerprint density at radius 3 is 2.81 bits per heavy atom. The molecule has 2 amide bonds. The number of hydrogen-bond acceptors (Lipinski definition) is 6. The Kier molecular flexibility index (Phi) is 5.44. The van der Waals surface area contributed by atoms with Gasteiger partial charge in [0.05, 0.1) is 23.4 Å². The van der Waals surface area contributed by atoms with Crippen LogP contribution in [-0.2, 0) is 0 Å². The molecule has 188 valence electrons. The average molecular weight is 499 g/mol. The highest BCUT2D eigenvalue weighted by Gasteiger charge is 2.30. The maximum absolute atomic E-state index is 13.5. The molecule has 1 saturated heterocycles. The summed E-state index contributed by atoms with van der Waals surface area (Å²) in [5.74, 6) is 1.43. The van der Waals surface area contributed by atoms with Crippen molar-refractivity contribution in [2.45, 2.75) is 26.3 Å². The van der Waals surface area contributed by atoms with Crippen LogP contribution in [0.25, 0.3) is 16.5 Å². The molecule has 4 aromatic heterocycles. The van der Waals surface area contributed by atoms with Crippen LogP contribution in [0.3, 0.4) is 0 Å². The molecule has 1 N–H and O–H groups in total. The van der Waals surface area contributed by atoms with Gasteiger partial charge < -0.3 is 19.4 Å². The Hall–Kier alpha value is -4.60. The van der Waals surface area contributed by atoms with Crippen LogP contribution in [0.1, 0.15) is 44.5 Å². The number of carbonyl (C=O) groups excluding carboxylic acids is 2. The first-order valence-electron chi connectivity index (χ1n) is 12.1. The van der Waals surface area contributed by atoms with E-state index in [-0.39, 0.29) is 17.9 Å². The smallest absolute Gasteiger partial charge is 0.255 e. The molecule has 0 unspecified atom stereocenters. The van der Waals surface area contributed by atoms with Crippen LogP contribution in [0.2, 0.25) is 0 Å². The van der Waals surface area contributed by atoms with Crippen molar-refractivity contribution < 1.29 is 18.7 Å². The Morgan fingerprint density at radius 1 is 1.16 bits per heavy atom. The summed E-state index contributed by atoms with van der Waals surface area (Å²) in [7, 11) is 1.59. The van der Waals surface area contributed by atoms with Crippen LogP contribution >= 0.6 is 0 Å². The van der Waals surface area contributed by atoms with Crippen LogP contribution in [0.4, 0.5) is 0 Å². The highest BCUT2D eigenvalue weighted by Crippen LogP contribution is 2.34. The van der Waals surface area contributed by atoms with E-state index < -0.39 is 0 Å². The van der Waals surface area contributed by atoms with E-state index in [1.165, 1.54) is 0 Å². The van der Waals surface area contributed by atoms with E-state index in [2.05, 4.69) is 15.5 Å². The molecule has 0 aliphatic carbocycles. The van der Waals surface area contributed by atoms with Gasteiger partial charge in [-0.15, -0.1) is 0 Å². The summed E-state index contributed by atoms with van der Waals surface area (Å²) in [6, 6.07) is 9.22. The molecule has 1 aromatic carbocycles. The van der Waals surface area contributed by atoms with Gasteiger partial charge in [-0.2, -0.15) is 10.2 Å². The van der Waals surface area contributed by atoms with Crippen molar-refractivity contribution in [1.82, 2.24) is 29.6 Å². The van der Waals surface area contributed by atoms with Gasteiger partial charge in [0.2, 0.25) is 0 Å². The van der Waals surface area contributed by atoms with E-state index >= 15 is 0 Å². The highest BCUT2D eigenvalue weighted by molar-refractivity contribution is 6.07. The molecule has 1 aliphatic rings. The topological polar surface area (TPSA) is 107 Å². The molecule has 5 heterocycles. The molecule has 6 rings (SSSR count). The first kappa shape index (κ1) is 22.8. The number of benzene rings is 1. The van der Waals surface area contributed by atoms with Gasteiger partial charge in [-0.1, -0.05) is 0 Å². The van der Waals surface area contributed by atoms with Gasteiger partial charge in [-0.05, 0) is 44.0 Å². The molecule has 0 spiro atoms. The molecule has 0 bridgehead atoms. The minimum Gasteiger partial charge on any atom is -0.460 e. The predicted octanol–water partition coefficient (Wildman–Crippen LogP) is 4.13. The number of nitrogens with zero attached hydrogens (tertiary/aromatic N) is 5. The highest BCUT2D eigenvalue weighted by atomic mass is 16.5. The molecule has 1 aliphatic heterocycles. The fourth-order valence-corrected chi connectivity index (χ4v) is 5.13. The summed E-state index contributed by atoms with van der Waals surface area (Å²) in [5.41, 5.74) is 3.18. The lowest BCUT2D eigenvalue weighted by Gasteiger charge is -2.16. The molecular formula is C27H26N6O4. The van der Waals surface area contributed by atoms with Crippen LogP contribution in [0, 0.1) is 13.8 Å². The number of ether oxygens (including phenoxy) is 1. The number of carbonyl (C=O) groups is 2. The van der Waals surface area contributed by atoms with E-state index in [0.29, 0.717) is 47.1 Å². The third-order valence-electron chi connectivity index (χ3n) is 6.99. The maximum atomic E-state index is 13.5. The van der Waals surface area contributed by atoms with Gasteiger partial charge in [-0.3, -0.25) is 14.3 Å². The van der Waals surface area contributed by atoms with E-state index in [9.17, 15) is 9.59 Å². The molecule has 37 heavy (non-hydrogen) atoms. The lowest BCUT2D eigenvalue weighted by atomic mass is 10.1. The number of likely N-dealkylation sites (tertiary alicyclic amines) is 1. The van der Waals surface area contributed by atoms with Crippen molar-refractivity contribution >= 4 is 28.3 Å². The van der Waals surface area contributed by atoms with Gasteiger partial charge in [0.15, 0.2) is 5.75 Å². The number of furan rings is 1. The summed E-state index contributed by atoms with van der Waals surface area (Å²) < 4.78 is 15.7. The Balaban J connectivity index is 1.30. The summed E-state index contributed by atoms with van der Waals surface area (Å²) in [6.07, 6.45) is 7.95. The van der Waals surface area contributed by atoms with Crippen LogP contribution in [-0.4, -0.2) is 56.2 Å². The van der Waals surface area contributed by atoms with Crippen molar-refractivity contribution in [2.24, 2.45) is 0 Å². The van der Waals surface area contributed by atoms with Gasteiger partial charge in [-0.25, -0.2) is 4.52 Å². The number of fused-ring (bicyclic) bond motifs is 2. The Bertz CT molecular complexity index is 1650. The van der Waals surface area contributed by atoms with Crippen LogP contribution in [0.5, 0.6) is 11.5 Å². The number of hydrogen-bond donors (Lipinski definition) is 1. The molecule has 1 fully saturated rings. The molecule has 10 nitrogen and oxygen atoms in total. The minimum absolute atomic E-state index is 0.0298. The zero-order chi connectivity index (χ0) is 25.7. The molecule has 1 atom stereocenters. The van der Waals surface area contributed by atoms with Crippen molar-refractivity contribution in [3.05, 3.63) is 77.6 Å². The zero-order valence-electron chi connectivity index (χ0n) is 20.8. The normalized spacial score (nSPS) is 15.5. The van der Waals surface area contributed by atoms with Crippen molar-refractivity contribution in [3.63, 3.8) is 0 Å². The Morgan fingerprint density at radius 2 is 2.03 bits per heavy atom. The van der Waals surface area contributed by atoms with E-state index in [1.807, 2.05) is 34.8 Å². The fraction of sp³-hybridized carbons (Fsp3) is 0.259. The third kappa shape index (κ3) is 3.81. The van der Waals surface area contributed by atoms with E-state index in [1.54, 1.807) is 55.3 Å². The van der Waals surface area contributed by atoms with Crippen molar-refractivity contribution in [2.75, 3.05) is 20.1 Å². The lowest BCUT2D eigenvalue weighted by molar-refractivity contribution is 0.0786. The SMILES string of the molecule is CNC(=O)c1c(C)oc2cc(Oc3ccnn4cc(C(=O)N5CC[C@@H](n6cccn6)C5)c(C)c34)ccc12. The molecule has 5 aromatic rings. The zero-order valence-corrected chi connectivity index (χ0v) is 20.8. The quantitative estimate of drug-likeness (QED) is 0.390. The van der Waals surface area contributed by atoms with E-state index in [4.69, 9.17) is 9.15 Å². The second-order valence-electron chi connectivity index (χ2n) is 9.21.